The number of thiazole rings is 1. The number of aliphatic carboxylic acids is 1. The molecule has 0 unspecified atom stereocenters. The van der Waals surface area contributed by atoms with E-state index in [0.717, 1.165) is 12.8 Å². The molecular weight excluding hydrogens is 212 g/mol. The van der Waals surface area contributed by atoms with E-state index >= 15 is 0 Å². The van der Waals surface area contributed by atoms with Gasteiger partial charge < -0.3 is 10.8 Å². The van der Waals surface area contributed by atoms with Crippen molar-refractivity contribution in [1.29, 1.82) is 0 Å². The molecule has 15 heavy (non-hydrogen) atoms. The lowest BCUT2D eigenvalue weighted by Gasteiger charge is -2.34. The second-order valence-corrected chi connectivity index (χ2v) is 4.82. The van der Waals surface area contributed by atoms with Gasteiger partial charge in [0.05, 0.1) is 11.2 Å². The van der Waals surface area contributed by atoms with E-state index in [0.29, 0.717) is 18.5 Å². The Hall–Kier alpha value is -0.940. The summed E-state index contributed by atoms with van der Waals surface area (Å²) in [5.74, 6) is -0.764. The summed E-state index contributed by atoms with van der Waals surface area (Å²) in [4.78, 5) is 15.6. The van der Waals surface area contributed by atoms with Crippen LogP contribution in [0, 0.1) is 0 Å². The monoisotopic (exact) mass is 226 g/mol. The van der Waals surface area contributed by atoms with Crippen molar-refractivity contribution in [2.24, 2.45) is 5.73 Å². The summed E-state index contributed by atoms with van der Waals surface area (Å²) in [6, 6.07) is 0.149. The molecule has 2 rings (SSSR count). The van der Waals surface area contributed by atoms with Crippen molar-refractivity contribution in [2.45, 2.75) is 37.1 Å². The van der Waals surface area contributed by atoms with E-state index in [1.807, 2.05) is 5.38 Å². The van der Waals surface area contributed by atoms with Crippen molar-refractivity contribution in [3.63, 3.8) is 0 Å². The van der Waals surface area contributed by atoms with E-state index in [9.17, 15) is 9.90 Å². The predicted octanol–water partition coefficient (Wildman–Crippen LogP) is 1.37. The first-order valence-electron chi connectivity index (χ1n) is 5.03. The van der Waals surface area contributed by atoms with Gasteiger partial charge in [0.1, 0.15) is 5.41 Å². The van der Waals surface area contributed by atoms with Crippen molar-refractivity contribution in [3.05, 3.63) is 16.6 Å². The average molecular weight is 226 g/mol. The number of nitrogens with two attached hydrogens (primary N) is 1. The molecule has 0 saturated heterocycles. The summed E-state index contributed by atoms with van der Waals surface area (Å²) >= 11 is 1.44. The number of carboxylic acid groups (broad SMARTS) is 1. The number of nitrogens with zero attached hydrogens (tertiary/aromatic N) is 1. The summed E-state index contributed by atoms with van der Waals surface area (Å²) in [6.07, 6.45) is 2.74. The number of aromatic nitrogens is 1. The van der Waals surface area contributed by atoms with E-state index in [4.69, 9.17) is 5.73 Å². The van der Waals surface area contributed by atoms with Gasteiger partial charge in [-0.3, -0.25) is 4.79 Å². The highest BCUT2D eigenvalue weighted by Crippen LogP contribution is 2.39. The molecule has 1 aromatic rings. The van der Waals surface area contributed by atoms with Gasteiger partial charge in [-0.15, -0.1) is 11.3 Å². The topological polar surface area (TPSA) is 76.2 Å². The number of hydrogen-bond donors (Lipinski definition) is 2. The Morgan fingerprint density at radius 2 is 2.27 bits per heavy atom. The summed E-state index contributed by atoms with van der Waals surface area (Å²) in [5.41, 5.74) is 7.41. The van der Waals surface area contributed by atoms with Gasteiger partial charge in [-0.2, -0.15) is 0 Å². The third-order valence-electron chi connectivity index (χ3n) is 3.22. The molecule has 0 aromatic carbocycles. The Balaban J connectivity index is 2.30. The second kappa shape index (κ2) is 3.90. The van der Waals surface area contributed by atoms with Crippen molar-refractivity contribution in [2.75, 3.05) is 0 Å². The van der Waals surface area contributed by atoms with Crippen LogP contribution in [-0.4, -0.2) is 22.1 Å². The van der Waals surface area contributed by atoms with Gasteiger partial charge in [-0.05, 0) is 25.7 Å². The largest absolute Gasteiger partial charge is 0.481 e. The molecule has 0 amide bonds. The fourth-order valence-electron chi connectivity index (χ4n) is 2.16. The smallest absolute Gasteiger partial charge is 0.315 e. The first kappa shape index (κ1) is 10.6. The Bertz CT molecular complexity index is 342. The zero-order chi connectivity index (χ0) is 10.9. The molecule has 0 spiro atoms. The Morgan fingerprint density at radius 3 is 2.73 bits per heavy atom. The van der Waals surface area contributed by atoms with Crippen LogP contribution in [0.25, 0.3) is 0 Å². The van der Waals surface area contributed by atoms with Crippen LogP contribution in [0.2, 0.25) is 0 Å². The minimum absolute atomic E-state index is 0.149. The van der Waals surface area contributed by atoms with Gasteiger partial charge in [-0.1, -0.05) is 0 Å². The maximum atomic E-state index is 11.4. The van der Waals surface area contributed by atoms with E-state index in [2.05, 4.69) is 4.98 Å². The SMILES string of the molecule is NC1CCC(C(=O)O)(c2cscn2)CC1. The molecule has 1 aliphatic rings. The van der Waals surface area contributed by atoms with Crippen molar-refractivity contribution < 1.29 is 9.90 Å². The number of carboxylic acids is 1. The molecule has 82 valence electrons. The molecule has 0 bridgehead atoms. The standard InChI is InChI=1S/C10H14N2O2S/c11-7-1-3-10(4-2-7,9(13)14)8-5-15-6-12-8/h5-7H,1-4,11H2,(H,13,14). The number of carbonyl (C=O) groups is 1. The van der Waals surface area contributed by atoms with Crippen molar-refractivity contribution in [1.82, 2.24) is 4.98 Å². The fraction of sp³-hybridized carbons (Fsp3) is 0.600. The lowest BCUT2D eigenvalue weighted by molar-refractivity contribution is -0.145. The molecule has 0 aliphatic heterocycles. The quantitative estimate of drug-likeness (QED) is 0.798. The van der Waals surface area contributed by atoms with Crippen molar-refractivity contribution in [3.8, 4) is 0 Å². The van der Waals surface area contributed by atoms with E-state index in [-0.39, 0.29) is 6.04 Å². The van der Waals surface area contributed by atoms with Crippen molar-refractivity contribution >= 4 is 17.3 Å². The van der Waals surface area contributed by atoms with E-state index in [1.54, 1.807) is 5.51 Å². The molecule has 1 heterocycles. The third-order valence-corrected chi connectivity index (χ3v) is 3.80. The lowest BCUT2D eigenvalue weighted by atomic mass is 9.71. The first-order valence-corrected chi connectivity index (χ1v) is 5.97. The third kappa shape index (κ3) is 1.77. The molecule has 0 radical (unpaired) electrons. The molecule has 5 heteroatoms. The van der Waals surface area contributed by atoms with Gasteiger partial charge >= 0.3 is 5.97 Å². The molecule has 4 nitrogen and oxygen atoms in total. The predicted molar refractivity (Wildman–Crippen MR) is 57.9 cm³/mol. The fourth-order valence-corrected chi connectivity index (χ4v) is 2.81. The highest BCUT2D eigenvalue weighted by molar-refractivity contribution is 7.07. The maximum Gasteiger partial charge on any atom is 0.315 e. The van der Waals surface area contributed by atoms with Crippen LogP contribution in [0.15, 0.2) is 10.9 Å². The Morgan fingerprint density at radius 1 is 1.60 bits per heavy atom. The molecule has 1 fully saturated rings. The van der Waals surface area contributed by atoms with Crippen LogP contribution in [0.4, 0.5) is 0 Å². The maximum absolute atomic E-state index is 11.4. The number of rotatable bonds is 2. The van der Waals surface area contributed by atoms with Gasteiger partial charge in [0, 0.05) is 11.4 Å². The van der Waals surface area contributed by atoms with Gasteiger partial charge in [0.25, 0.3) is 0 Å². The highest BCUT2D eigenvalue weighted by Gasteiger charge is 2.44. The van der Waals surface area contributed by atoms with Gasteiger partial charge in [0.2, 0.25) is 0 Å². The minimum atomic E-state index is -0.782. The van der Waals surface area contributed by atoms with E-state index in [1.165, 1.54) is 11.3 Å². The summed E-state index contributed by atoms with van der Waals surface area (Å²) < 4.78 is 0. The van der Waals surface area contributed by atoms with Crippen LogP contribution < -0.4 is 5.73 Å². The second-order valence-electron chi connectivity index (χ2n) is 4.10. The minimum Gasteiger partial charge on any atom is -0.481 e. The van der Waals surface area contributed by atoms with E-state index < -0.39 is 11.4 Å². The summed E-state index contributed by atoms with van der Waals surface area (Å²) in [5, 5.41) is 11.2. The summed E-state index contributed by atoms with van der Waals surface area (Å²) in [7, 11) is 0. The molecule has 1 aromatic heterocycles. The first-order chi connectivity index (χ1) is 7.15. The Kier molecular flexibility index (Phi) is 2.75. The molecule has 1 aliphatic carbocycles. The molecule has 3 N–H and O–H groups in total. The Labute approximate surface area is 92.1 Å². The van der Waals surface area contributed by atoms with Gasteiger partial charge in [0.15, 0.2) is 0 Å². The van der Waals surface area contributed by atoms with Crippen LogP contribution in [0.5, 0.6) is 0 Å². The molecule has 0 atom stereocenters. The zero-order valence-corrected chi connectivity index (χ0v) is 9.17. The van der Waals surface area contributed by atoms with Crippen LogP contribution in [0.3, 0.4) is 0 Å². The lowest BCUT2D eigenvalue weighted by Crippen LogP contribution is -2.43. The highest BCUT2D eigenvalue weighted by atomic mass is 32.1. The molecular formula is C10H14N2O2S. The van der Waals surface area contributed by atoms with Crippen LogP contribution in [0.1, 0.15) is 31.4 Å². The zero-order valence-electron chi connectivity index (χ0n) is 8.35. The normalized spacial score (nSPS) is 31.4. The number of hydrogen-bond acceptors (Lipinski definition) is 4. The van der Waals surface area contributed by atoms with Crippen LogP contribution in [-0.2, 0) is 10.2 Å². The summed E-state index contributed by atoms with van der Waals surface area (Å²) in [6.45, 7) is 0. The molecule has 1 saturated carbocycles. The van der Waals surface area contributed by atoms with Crippen LogP contribution >= 0.6 is 11.3 Å². The average Bonchev–Trinajstić information content (AvgIpc) is 2.72. The van der Waals surface area contributed by atoms with Gasteiger partial charge in [-0.25, -0.2) is 4.98 Å².